The van der Waals surface area contributed by atoms with Crippen molar-refractivity contribution in [3.63, 3.8) is 0 Å². The number of amides is 2. The highest BCUT2D eigenvalue weighted by Gasteiger charge is 2.47. The number of nitrogens with one attached hydrogen (secondary N) is 3. The summed E-state index contributed by atoms with van der Waals surface area (Å²) >= 11 is 0. The number of rotatable bonds is 13. The number of aliphatic hydroxyl groups is 2. The van der Waals surface area contributed by atoms with Crippen LogP contribution in [0.3, 0.4) is 0 Å². The first kappa shape index (κ1) is 33.5. The van der Waals surface area contributed by atoms with Gasteiger partial charge in [0.05, 0.1) is 6.33 Å². The topological polar surface area (TPSA) is 167 Å². The lowest BCUT2D eigenvalue weighted by Gasteiger charge is -2.26. The molecule has 0 spiro atoms. The number of ether oxygens (including phenoxy) is 1. The Kier molecular flexibility index (Phi) is 10.9. The Bertz CT molecular complexity index is 1660. The summed E-state index contributed by atoms with van der Waals surface area (Å²) in [7, 11) is 0. The molecule has 2 aliphatic rings. The molecule has 0 aliphatic carbocycles. The number of likely N-dealkylation sites (N-methyl/N-ethyl adjacent to an activating group) is 1. The lowest BCUT2D eigenvalue weighted by atomic mass is 9.92. The maximum atomic E-state index is 13.5. The molecule has 4 heterocycles. The maximum absolute atomic E-state index is 13.5. The fraction of sp³-hybridized carbons (Fsp3) is 0.457. The molecule has 0 saturated carbocycles. The Labute approximate surface area is 279 Å². The molecule has 2 aromatic heterocycles. The van der Waals surface area contributed by atoms with Crippen molar-refractivity contribution >= 4 is 28.8 Å². The van der Waals surface area contributed by atoms with Crippen LogP contribution in [0.15, 0.2) is 67.0 Å². The van der Waals surface area contributed by atoms with Gasteiger partial charge in [-0.05, 0) is 50.4 Å². The number of aliphatic hydroxyl groups excluding tert-OH is 2. The van der Waals surface area contributed by atoms with E-state index in [0.29, 0.717) is 31.0 Å². The summed E-state index contributed by atoms with van der Waals surface area (Å²) in [6.45, 7) is 5.79. The summed E-state index contributed by atoms with van der Waals surface area (Å²) in [5.74, 6) is -0.635. The summed E-state index contributed by atoms with van der Waals surface area (Å²) in [5.41, 5.74) is 2.92. The van der Waals surface area contributed by atoms with Crippen molar-refractivity contribution in [2.24, 2.45) is 0 Å². The molecule has 2 amide bonds. The van der Waals surface area contributed by atoms with Crippen LogP contribution < -0.4 is 16.0 Å². The van der Waals surface area contributed by atoms with Crippen LogP contribution >= 0.6 is 0 Å². The van der Waals surface area contributed by atoms with Gasteiger partial charge in [-0.1, -0.05) is 67.1 Å². The lowest BCUT2D eigenvalue weighted by molar-refractivity contribution is -0.137. The van der Waals surface area contributed by atoms with E-state index in [4.69, 9.17) is 4.74 Å². The molecule has 2 fully saturated rings. The normalized spacial score (nSPS) is 22.0. The Hall–Kier alpha value is -4.43. The number of carbonyl (C=O) groups is 2. The summed E-state index contributed by atoms with van der Waals surface area (Å²) in [4.78, 5) is 42.1. The summed E-state index contributed by atoms with van der Waals surface area (Å²) < 4.78 is 7.31. The molecule has 4 aromatic rings. The van der Waals surface area contributed by atoms with Gasteiger partial charge in [0.2, 0.25) is 5.82 Å². The number of piperidine rings is 1. The van der Waals surface area contributed by atoms with E-state index < -0.39 is 36.4 Å². The van der Waals surface area contributed by atoms with Gasteiger partial charge in [-0.15, -0.1) is 0 Å². The van der Waals surface area contributed by atoms with Crippen LogP contribution in [-0.2, 0) is 16.0 Å². The third-order valence-corrected chi connectivity index (χ3v) is 9.02. The smallest absolute Gasteiger partial charge is 0.289 e. The van der Waals surface area contributed by atoms with Gasteiger partial charge in [-0.2, -0.15) is 0 Å². The Morgan fingerprint density at radius 1 is 0.958 bits per heavy atom. The zero-order valence-electron chi connectivity index (χ0n) is 27.2. The van der Waals surface area contributed by atoms with Gasteiger partial charge >= 0.3 is 0 Å². The van der Waals surface area contributed by atoms with Gasteiger partial charge < -0.3 is 35.8 Å². The Morgan fingerprint density at radius 2 is 1.69 bits per heavy atom. The number of likely N-dealkylation sites (tertiary alicyclic amines) is 1. The summed E-state index contributed by atoms with van der Waals surface area (Å²) in [5, 5.41) is 30.7. The maximum Gasteiger partial charge on any atom is 0.289 e. The van der Waals surface area contributed by atoms with Crippen molar-refractivity contribution < 1.29 is 24.5 Å². The molecule has 0 radical (unpaired) electrons. The average molecular weight is 657 g/mol. The number of anilines is 1. The van der Waals surface area contributed by atoms with E-state index in [1.54, 1.807) is 6.92 Å². The van der Waals surface area contributed by atoms with Crippen molar-refractivity contribution in [2.75, 3.05) is 44.6 Å². The molecule has 2 saturated heterocycles. The number of fused-ring (bicyclic) bond motifs is 1. The molecule has 5 N–H and O–H groups in total. The largest absolute Gasteiger partial charge is 0.387 e. The minimum Gasteiger partial charge on any atom is -0.387 e. The number of hydrogen-bond donors (Lipinski definition) is 5. The molecule has 13 heteroatoms. The average Bonchev–Trinajstić information content (AvgIpc) is 3.67. The number of imidazole rings is 1. The summed E-state index contributed by atoms with van der Waals surface area (Å²) in [6, 6.07) is 20.4. The minimum absolute atomic E-state index is 0.0653. The first-order valence-electron chi connectivity index (χ1n) is 16.8. The van der Waals surface area contributed by atoms with Gasteiger partial charge in [0.1, 0.15) is 12.2 Å². The van der Waals surface area contributed by atoms with Gasteiger partial charge in [0.25, 0.3) is 11.8 Å². The van der Waals surface area contributed by atoms with Crippen LogP contribution in [-0.4, -0.2) is 104 Å². The van der Waals surface area contributed by atoms with Gasteiger partial charge in [-0.25, -0.2) is 15.0 Å². The molecule has 13 nitrogen and oxygen atoms in total. The zero-order valence-corrected chi connectivity index (χ0v) is 27.2. The van der Waals surface area contributed by atoms with Crippen molar-refractivity contribution in [1.29, 1.82) is 0 Å². The van der Waals surface area contributed by atoms with E-state index in [2.05, 4.69) is 60.1 Å². The fourth-order valence-corrected chi connectivity index (χ4v) is 6.45. The molecule has 2 aromatic carbocycles. The lowest BCUT2D eigenvalue weighted by Crippen LogP contribution is -2.42. The predicted octanol–water partition coefficient (Wildman–Crippen LogP) is 2.24. The van der Waals surface area contributed by atoms with Crippen LogP contribution in [0.25, 0.3) is 11.2 Å². The molecule has 1 unspecified atom stereocenters. The third-order valence-electron chi connectivity index (χ3n) is 9.02. The standard InChI is InChI=1S/C35H44N8O5/c1-2-36-33(46)29-27(44)28(45)35(48-29)43-22-39-26-30(38-21-25(24-14-8-4-9-15-24)20-23-12-6-3-7-13-23)40-31(41-32(26)43)34(47)37-16-19-42-17-10-5-11-18-42/h3-4,6-9,12-15,22,25,27-29,35,44-45H,2,5,10-11,16-21H2,1H3,(H,36,46)(H,37,47)(H,38,40,41)/t25?,27-,28+,29-,35+/m0/s1. The van der Waals surface area contributed by atoms with Crippen molar-refractivity contribution in [3.8, 4) is 0 Å². The van der Waals surface area contributed by atoms with E-state index in [0.717, 1.165) is 44.5 Å². The second-order valence-corrected chi connectivity index (χ2v) is 12.4. The highest BCUT2D eigenvalue weighted by atomic mass is 16.6. The molecular weight excluding hydrogens is 612 g/mol. The summed E-state index contributed by atoms with van der Waals surface area (Å²) in [6.07, 6.45) is 0.355. The SMILES string of the molecule is CCNC(=O)[C@H]1O[C@@H](n2cnc3c(NCC(Cc4ccccc4)c4ccccc4)nc(C(=O)NCCN4CCCCC4)nc32)[C@H](O)[C@@H]1O. The van der Waals surface area contributed by atoms with E-state index in [-0.39, 0.29) is 17.4 Å². The van der Waals surface area contributed by atoms with Gasteiger partial charge in [0.15, 0.2) is 29.3 Å². The van der Waals surface area contributed by atoms with E-state index in [9.17, 15) is 19.8 Å². The monoisotopic (exact) mass is 656 g/mol. The number of aromatic nitrogens is 4. The number of benzene rings is 2. The highest BCUT2D eigenvalue weighted by Crippen LogP contribution is 2.33. The molecule has 2 aliphatic heterocycles. The fourth-order valence-electron chi connectivity index (χ4n) is 6.45. The second-order valence-electron chi connectivity index (χ2n) is 12.4. The van der Waals surface area contributed by atoms with Crippen LogP contribution in [0.4, 0.5) is 5.82 Å². The van der Waals surface area contributed by atoms with Crippen molar-refractivity contribution in [1.82, 2.24) is 35.1 Å². The van der Waals surface area contributed by atoms with Crippen LogP contribution in [0.2, 0.25) is 0 Å². The van der Waals surface area contributed by atoms with E-state index >= 15 is 0 Å². The molecular formula is C35H44N8O5. The number of hydrogen-bond acceptors (Lipinski definition) is 10. The Morgan fingerprint density at radius 3 is 2.42 bits per heavy atom. The minimum atomic E-state index is -1.47. The first-order valence-corrected chi connectivity index (χ1v) is 16.8. The first-order chi connectivity index (χ1) is 23.4. The molecule has 48 heavy (non-hydrogen) atoms. The van der Waals surface area contributed by atoms with Crippen molar-refractivity contribution in [3.05, 3.63) is 83.9 Å². The molecule has 5 atom stereocenters. The highest BCUT2D eigenvalue weighted by molar-refractivity contribution is 5.94. The van der Waals surface area contributed by atoms with Crippen molar-refractivity contribution in [2.45, 2.75) is 63.1 Å². The van der Waals surface area contributed by atoms with Crippen LogP contribution in [0.1, 0.15) is 60.1 Å². The van der Waals surface area contributed by atoms with Gasteiger partial charge in [-0.3, -0.25) is 14.2 Å². The molecule has 254 valence electrons. The third kappa shape index (κ3) is 7.65. The molecule has 6 rings (SSSR count). The van der Waals surface area contributed by atoms with E-state index in [1.807, 2.05) is 36.4 Å². The predicted molar refractivity (Wildman–Crippen MR) is 180 cm³/mol. The Balaban J connectivity index is 1.30. The number of nitrogens with zero attached hydrogens (tertiary/aromatic N) is 5. The molecule has 0 bridgehead atoms. The van der Waals surface area contributed by atoms with Crippen LogP contribution in [0, 0.1) is 0 Å². The van der Waals surface area contributed by atoms with Crippen LogP contribution in [0.5, 0.6) is 0 Å². The zero-order chi connectivity index (χ0) is 33.5. The van der Waals surface area contributed by atoms with Gasteiger partial charge in [0, 0.05) is 32.1 Å². The number of carbonyl (C=O) groups excluding carboxylic acids is 2. The van der Waals surface area contributed by atoms with E-state index in [1.165, 1.54) is 22.9 Å². The second kappa shape index (κ2) is 15.6. The quantitative estimate of drug-likeness (QED) is 0.144.